The van der Waals surface area contributed by atoms with Gasteiger partial charge in [-0.1, -0.05) is 56.7 Å². The molecule has 0 radical (unpaired) electrons. The number of nitrogens with one attached hydrogen (secondary N) is 1. The summed E-state index contributed by atoms with van der Waals surface area (Å²) in [5, 5.41) is 3.46. The summed E-state index contributed by atoms with van der Waals surface area (Å²) in [5.41, 5.74) is 3.52. The zero-order valence-corrected chi connectivity index (χ0v) is 17.6. The van der Waals surface area contributed by atoms with Crippen molar-refractivity contribution in [2.45, 2.75) is 52.4 Å². The molecule has 3 rings (SSSR count). The number of aryl methyl sites for hydroxylation is 1. The number of thiazole rings is 1. The fraction of sp³-hybridized carbons (Fsp3) is 0.391. The van der Waals surface area contributed by atoms with Gasteiger partial charge in [-0.15, -0.1) is 0 Å². The number of benzene rings is 2. The van der Waals surface area contributed by atoms with Crippen molar-refractivity contribution >= 4 is 32.6 Å². The number of hydrogen-bond acceptors (Lipinski definition) is 4. The summed E-state index contributed by atoms with van der Waals surface area (Å²) in [4.78, 5) is 16.7. The first-order valence-electron chi connectivity index (χ1n) is 10.0. The van der Waals surface area contributed by atoms with E-state index in [1.165, 1.54) is 35.3 Å². The van der Waals surface area contributed by atoms with E-state index in [0.29, 0.717) is 16.8 Å². The molecular formula is C23H28N2O2S. The molecule has 1 amide bonds. The predicted octanol–water partition coefficient (Wildman–Crippen LogP) is 6.17. The van der Waals surface area contributed by atoms with Gasteiger partial charge in [0.1, 0.15) is 5.75 Å². The highest BCUT2D eigenvalue weighted by atomic mass is 32.1. The second-order valence-electron chi connectivity index (χ2n) is 7.14. The number of aromatic nitrogens is 1. The molecule has 0 fully saturated rings. The van der Waals surface area contributed by atoms with Gasteiger partial charge in [0.2, 0.25) is 0 Å². The van der Waals surface area contributed by atoms with Crippen molar-refractivity contribution in [3.05, 3.63) is 53.6 Å². The van der Waals surface area contributed by atoms with Crippen molar-refractivity contribution in [2.75, 3.05) is 11.9 Å². The number of amides is 1. The molecule has 0 aliphatic rings. The predicted molar refractivity (Wildman–Crippen MR) is 118 cm³/mol. The Morgan fingerprint density at radius 2 is 1.96 bits per heavy atom. The number of carbonyl (C=O) groups is 1. The lowest BCUT2D eigenvalue weighted by Gasteiger charge is -2.10. The van der Waals surface area contributed by atoms with Crippen molar-refractivity contribution in [3.8, 4) is 5.75 Å². The Balaban J connectivity index is 1.55. The van der Waals surface area contributed by atoms with Crippen LogP contribution in [-0.2, 0) is 11.2 Å². The van der Waals surface area contributed by atoms with Crippen molar-refractivity contribution in [2.24, 2.45) is 0 Å². The van der Waals surface area contributed by atoms with Crippen LogP contribution < -0.4 is 10.1 Å². The van der Waals surface area contributed by atoms with Gasteiger partial charge in [-0.25, -0.2) is 4.98 Å². The number of anilines is 1. The van der Waals surface area contributed by atoms with Crippen LogP contribution in [-0.4, -0.2) is 17.5 Å². The van der Waals surface area contributed by atoms with Crippen LogP contribution in [0.15, 0.2) is 42.5 Å². The van der Waals surface area contributed by atoms with Gasteiger partial charge in [0.05, 0.1) is 10.2 Å². The van der Waals surface area contributed by atoms with E-state index in [2.05, 4.69) is 55.3 Å². The van der Waals surface area contributed by atoms with E-state index in [4.69, 9.17) is 4.74 Å². The van der Waals surface area contributed by atoms with E-state index in [1.807, 2.05) is 18.2 Å². The monoisotopic (exact) mass is 396 g/mol. The molecule has 0 spiro atoms. The molecule has 1 atom stereocenters. The lowest BCUT2D eigenvalue weighted by Crippen LogP contribution is -2.20. The van der Waals surface area contributed by atoms with Crippen LogP contribution in [0.2, 0.25) is 0 Å². The topological polar surface area (TPSA) is 51.2 Å². The third-order valence-electron chi connectivity index (χ3n) is 4.95. The van der Waals surface area contributed by atoms with Gasteiger partial charge < -0.3 is 4.74 Å². The molecule has 148 valence electrons. The van der Waals surface area contributed by atoms with Crippen molar-refractivity contribution in [1.82, 2.24) is 4.98 Å². The Morgan fingerprint density at radius 3 is 2.68 bits per heavy atom. The van der Waals surface area contributed by atoms with Gasteiger partial charge in [-0.2, -0.15) is 0 Å². The number of nitrogens with zero attached hydrogens (tertiary/aromatic N) is 1. The fourth-order valence-electron chi connectivity index (χ4n) is 2.99. The quantitative estimate of drug-likeness (QED) is 0.470. The highest BCUT2D eigenvalue weighted by Crippen LogP contribution is 2.27. The van der Waals surface area contributed by atoms with Crippen molar-refractivity contribution < 1.29 is 9.53 Å². The first-order valence-corrected chi connectivity index (χ1v) is 10.8. The molecule has 5 heteroatoms. The molecule has 1 N–H and O–H groups in total. The smallest absolute Gasteiger partial charge is 0.264 e. The molecule has 1 unspecified atom stereocenters. The number of unbranched alkanes of at least 4 members (excludes halogenated alkanes) is 1. The minimum atomic E-state index is -0.198. The van der Waals surface area contributed by atoms with E-state index < -0.39 is 0 Å². The second-order valence-corrected chi connectivity index (χ2v) is 8.17. The Hall–Kier alpha value is -2.40. The van der Waals surface area contributed by atoms with Crippen LogP contribution >= 0.6 is 11.3 Å². The second kappa shape index (κ2) is 9.69. The highest BCUT2D eigenvalue weighted by Gasteiger charge is 2.10. The molecule has 0 bridgehead atoms. The van der Waals surface area contributed by atoms with Gasteiger partial charge in [0.15, 0.2) is 11.7 Å². The summed E-state index contributed by atoms with van der Waals surface area (Å²) in [5.74, 6) is 1.03. The Morgan fingerprint density at radius 1 is 1.18 bits per heavy atom. The maximum atomic E-state index is 12.2. The molecule has 3 aromatic rings. The minimum Gasteiger partial charge on any atom is -0.484 e. The third kappa shape index (κ3) is 5.32. The Bertz CT molecular complexity index is 918. The number of rotatable bonds is 9. The number of fused-ring (bicyclic) bond motifs is 1. The van der Waals surface area contributed by atoms with Crippen LogP contribution in [0.25, 0.3) is 10.2 Å². The highest BCUT2D eigenvalue weighted by molar-refractivity contribution is 7.22. The molecule has 0 saturated heterocycles. The van der Waals surface area contributed by atoms with Gasteiger partial charge >= 0.3 is 0 Å². The van der Waals surface area contributed by atoms with Crippen LogP contribution in [0.1, 0.15) is 57.1 Å². The van der Waals surface area contributed by atoms with Crippen LogP contribution in [0.3, 0.4) is 0 Å². The summed E-state index contributed by atoms with van der Waals surface area (Å²) in [6.45, 7) is 6.54. The summed E-state index contributed by atoms with van der Waals surface area (Å²) < 4.78 is 6.71. The van der Waals surface area contributed by atoms with E-state index in [0.717, 1.165) is 23.1 Å². The minimum absolute atomic E-state index is 0.0274. The molecule has 0 aliphatic carbocycles. The molecular weight excluding hydrogens is 368 g/mol. The average molecular weight is 397 g/mol. The summed E-state index contributed by atoms with van der Waals surface area (Å²) >= 11 is 1.50. The van der Waals surface area contributed by atoms with Crippen molar-refractivity contribution in [1.29, 1.82) is 0 Å². The largest absolute Gasteiger partial charge is 0.484 e. The SMILES string of the molecule is CCCCc1ccc2nc(NC(=O)COc3ccc(C(C)CC)cc3)sc2c1. The standard InChI is InChI=1S/C23H28N2O2S/c1-4-6-7-17-8-13-20-21(14-17)28-23(24-20)25-22(26)15-27-19-11-9-18(10-12-19)16(3)5-2/h8-14,16H,4-7,15H2,1-3H3,(H,24,25,26). The van der Waals surface area contributed by atoms with Gasteiger partial charge in [0, 0.05) is 0 Å². The molecule has 0 saturated carbocycles. The average Bonchev–Trinajstić information content (AvgIpc) is 3.11. The zero-order chi connectivity index (χ0) is 19.9. The van der Waals surface area contributed by atoms with Gasteiger partial charge in [0.25, 0.3) is 5.91 Å². The van der Waals surface area contributed by atoms with Crippen LogP contribution in [0.4, 0.5) is 5.13 Å². The lowest BCUT2D eigenvalue weighted by molar-refractivity contribution is -0.118. The maximum Gasteiger partial charge on any atom is 0.264 e. The van der Waals surface area contributed by atoms with E-state index >= 15 is 0 Å². The third-order valence-corrected chi connectivity index (χ3v) is 5.88. The molecule has 2 aromatic carbocycles. The van der Waals surface area contributed by atoms with Crippen molar-refractivity contribution in [3.63, 3.8) is 0 Å². The lowest BCUT2D eigenvalue weighted by atomic mass is 9.99. The maximum absolute atomic E-state index is 12.2. The fourth-order valence-corrected chi connectivity index (χ4v) is 3.94. The Labute approximate surface area is 171 Å². The van der Waals surface area contributed by atoms with Crippen LogP contribution in [0, 0.1) is 0 Å². The molecule has 1 aromatic heterocycles. The van der Waals surface area contributed by atoms with E-state index in [9.17, 15) is 4.79 Å². The molecule has 0 aliphatic heterocycles. The molecule has 1 heterocycles. The van der Waals surface area contributed by atoms with E-state index in [-0.39, 0.29) is 12.5 Å². The number of ether oxygens (including phenoxy) is 1. The zero-order valence-electron chi connectivity index (χ0n) is 16.8. The molecule has 28 heavy (non-hydrogen) atoms. The van der Waals surface area contributed by atoms with E-state index in [1.54, 1.807) is 0 Å². The first-order chi connectivity index (χ1) is 13.6. The molecule has 4 nitrogen and oxygen atoms in total. The Kier molecular flexibility index (Phi) is 7.04. The van der Waals surface area contributed by atoms with Crippen LogP contribution in [0.5, 0.6) is 5.75 Å². The van der Waals surface area contributed by atoms with Gasteiger partial charge in [-0.3, -0.25) is 10.1 Å². The van der Waals surface area contributed by atoms with Gasteiger partial charge in [-0.05, 0) is 60.6 Å². The number of hydrogen-bond donors (Lipinski definition) is 1. The first kappa shape index (κ1) is 20.3. The summed E-state index contributed by atoms with van der Waals surface area (Å²) in [6.07, 6.45) is 4.55. The summed E-state index contributed by atoms with van der Waals surface area (Å²) in [6, 6.07) is 14.3. The number of carbonyl (C=O) groups excluding carboxylic acids is 1. The normalized spacial score (nSPS) is 12.1. The summed E-state index contributed by atoms with van der Waals surface area (Å²) in [7, 11) is 0.